The number of hydrogen-bond donors (Lipinski definition) is 0. The van der Waals surface area contributed by atoms with E-state index in [0.717, 1.165) is 0 Å². The number of ketones is 1. The predicted molar refractivity (Wildman–Crippen MR) is 166 cm³/mol. The first-order valence-electron chi connectivity index (χ1n) is 15.1. The van der Waals surface area contributed by atoms with Crippen molar-refractivity contribution in [2.75, 3.05) is 53.4 Å². The summed E-state index contributed by atoms with van der Waals surface area (Å²) in [6, 6.07) is 0. The Hall–Kier alpha value is -1.19. The number of rotatable bonds is 14. The molecule has 0 N–H and O–H groups in total. The van der Waals surface area contributed by atoms with Gasteiger partial charge in [0.15, 0.2) is 26.1 Å². The summed E-state index contributed by atoms with van der Waals surface area (Å²) in [5.41, 5.74) is 0. The van der Waals surface area contributed by atoms with Crippen molar-refractivity contribution in [3.05, 3.63) is 12.0 Å². The summed E-state index contributed by atoms with van der Waals surface area (Å²) in [6.45, 7) is 18.8. The Morgan fingerprint density at radius 2 is 1.70 bits per heavy atom. The number of methoxy groups -OCH3 is 2. The van der Waals surface area contributed by atoms with Crippen LogP contribution in [0.5, 0.6) is 0 Å². The molecule has 2 rings (SSSR count). The van der Waals surface area contributed by atoms with Gasteiger partial charge in [-0.15, -0.1) is 0 Å². The van der Waals surface area contributed by atoms with Crippen LogP contribution in [-0.4, -0.2) is 115 Å². The normalized spacial score (nSPS) is 29.9. The van der Waals surface area contributed by atoms with E-state index >= 15 is 0 Å². The average Bonchev–Trinajstić information content (AvgIpc) is 3.23. The number of Topliss-reactive ketones (excluding diaryl/α,β-unsaturated/α-hetero) is 1. The lowest BCUT2D eigenvalue weighted by atomic mass is 10.1. The third-order valence-electron chi connectivity index (χ3n) is 8.04. The standard InChI is InChI=1S/C29H54NO12PSi/c1-13-38-43(33,39-14-2)18-23-24-25(42-44(11,12)28(5,6)7)26(36-16-15-34-9)27(40-24)30(21(4)32)17-22(20(3)31)41-29(8,35-10)19-37-23/h17,23-27H,13-16,18-19H2,1-12H3/b22-17+/t23-,24+,25+,26+,27+,29?/m0/s1. The molecule has 15 heteroatoms. The van der Waals surface area contributed by atoms with E-state index in [2.05, 4.69) is 33.9 Å². The van der Waals surface area contributed by atoms with E-state index in [1.807, 2.05) is 0 Å². The van der Waals surface area contributed by atoms with E-state index in [9.17, 15) is 14.2 Å². The van der Waals surface area contributed by atoms with Crippen molar-refractivity contribution in [3.63, 3.8) is 0 Å². The van der Waals surface area contributed by atoms with Crippen LogP contribution in [0.2, 0.25) is 18.1 Å². The number of carbonyl (C=O) groups excluding carboxylic acids is 2. The number of carbonyl (C=O) groups is 2. The molecule has 1 unspecified atom stereocenters. The Bertz CT molecular complexity index is 1040. The Labute approximate surface area is 263 Å². The van der Waals surface area contributed by atoms with Crippen LogP contribution >= 0.6 is 7.60 Å². The summed E-state index contributed by atoms with van der Waals surface area (Å²) >= 11 is 0. The van der Waals surface area contributed by atoms with Crippen LogP contribution in [-0.2, 0) is 56.0 Å². The van der Waals surface area contributed by atoms with Gasteiger partial charge in [-0.1, -0.05) is 20.8 Å². The third kappa shape index (κ3) is 9.90. The highest BCUT2D eigenvalue weighted by Gasteiger charge is 2.57. The van der Waals surface area contributed by atoms with Crippen LogP contribution in [0.1, 0.15) is 55.4 Å². The van der Waals surface area contributed by atoms with Gasteiger partial charge in [0.05, 0.1) is 44.9 Å². The number of fused-ring (bicyclic) bond motifs is 2. The van der Waals surface area contributed by atoms with Gasteiger partial charge >= 0.3 is 7.60 Å². The van der Waals surface area contributed by atoms with Gasteiger partial charge in [-0.25, -0.2) is 0 Å². The van der Waals surface area contributed by atoms with Gasteiger partial charge in [0.1, 0.15) is 24.9 Å². The third-order valence-corrected chi connectivity index (χ3v) is 14.6. The molecular formula is C29H54NO12PSi. The van der Waals surface area contributed by atoms with Gasteiger partial charge in [-0.05, 0) is 32.0 Å². The fraction of sp³-hybridized carbons (Fsp3) is 0.862. The second-order valence-corrected chi connectivity index (χ2v) is 19.4. The summed E-state index contributed by atoms with van der Waals surface area (Å²) in [7, 11) is -3.25. The zero-order valence-corrected chi connectivity index (χ0v) is 30.4. The summed E-state index contributed by atoms with van der Waals surface area (Å²) in [5.74, 6) is -2.50. The largest absolute Gasteiger partial charge is 0.455 e. The molecule has 6 atom stereocenters. The fourth-order valence-electron chi connectivity index (χ4n) is 4.57. The van der Waals surface area contributed by atoms with Crippen LogP contribution in [0.15, 0.2) is 12.0 Å². The molecule has 2 bridgehead atoms. The number of ether oxygens (including phenoxy) is 6. The quantitative estimate of drug-likeness (QED) is 0.147. The van der Waals surface area contributed by atoms with Crippen LogP contribution in [0.4, 0.5) is 0 Å². The van der Waals surface area contributed by atoms with Crippen LogP contribution in [0.3, 0.4) is 0 Å². The van der Waals surface area contributed by atoms with Crippen molar-refractivity contribution in [3.8, 4) is 0 Å². The van der Waals surface area contributed by atoms with Crippen molar-refractivity contribution >= 4 is 27.6 Å². The van der Waals surface area contributed by atoms with Gasteiger partial charge in [-0.2, -0.15) is 0 Å². The van der Waals surface area contributed by atoms with Gasteiger partial charge in [0.2, 0.25) is 11.7 Å². The average molecular weight is 668 g/mol. The maximum Gasteiger partial charge on any atom is 0.333 e. The minimum absolute atomic E-state index is 0.147. The van der Waals surface area contributed by atoms with Gasteiger partial charge < -0.3 is 41.9 Å². The maximum absolute atomic E-state index is 13.9. The van der Waals surface area contributed by atoms with Crippen LogP contribution < -0.4 is 0 Å². The fourth-order valence-corrected chi connectivity index (χ4v) is 7.70. The topological polar surface area (TPSA) is 138 Å². The second kappa shape index (κ2) is 16.1. The summed E-state index contributed by atoms with van der Waals surface area (Å²) in [5, 5.41) is -0.204. The minimum Gasteiger partial charge on any atom is -0.455 e. The molecule has 1 amide bonds. The predicted octanol–water partition coefficient (Wildman–Crippen LogP) is 4.46. The molecule has 0 aliphatic carbocycles. The highest BCUT2D eigenvalue weighted by molar-refractivity contribution is 7.53. The van der Waals surface area contributed by atoms with Crippen molar-refractivity contribution in [2.45, 2.75) is 110 Å². The summed E-state index contributed by atoms with van der Waals surface area (Å²) < 4.78 is 68.6. The molecule has 44 heavy (non-hydrogen) atoms. The molecule has 2 aliphatic rings. The zero-order chi connectivity index (χ0) is 33.5. The van der Waals surface area contributed by atoms with Crippen molar-refractivity contribution in [1.29, 1.82) is 0 Å². The van der Waals surface area contributed by atoms with Crippen molar-refractivity contribution in [1.82, 2.24) is 4.90 Å². The molecule has 2 aliphatic heterocycles. The highest BCUT2D eigenvalue weighted by atomic mass is 31.2. The van der Waals surface area contributed by atoms with Gasteiger partial charge in [0.25, 0.3) is 0 Å². The SMILES string of the molecule is CCOP(=O)(C[C@@H]1OCC(C)(OC)O/C(C(C)=O)=C/N(C(C)=O)[C@@H]2O[C@H]1[C@@H](O[Si](C)(C)C(C)(C)C)[C@H]2OCCOC)OCC. The first-order chi connectivity index (χ1) is 20.4. The van der Waals surface area contributed by atoms with Crippen LogP contribution in [0, 0.1) is 0 Å². The first kappa shape index (κ1) is 39.0. The molecule has 13 nitrogen and oxygen atoms in total. The van der Waals surface area contributed by atoms with E-state index in [1.54, 1.807) is 27.9 Å². The monoisotopic (exact) mass is 667 g/mol. The van der Waals surface area contributed by atoms with E-state index in [-0.39, 0.29) is 50.0 Å². The minimum atomic E-state index is -3.70. The molecule has 0 aromatic heterocycles. The molecule has 2 heterocycles. The molecule has 0 aromatic carbocycles. The Balaban J connectivity index is 2.85. The van der Waals surface area contributed by atoms with Crippen molar-refractivity contribution in [2.24, 2.45) is 0 Å². The second-order valence-electron chi connectivity index (χ2n) is 12.6. The molecule has 0 radical (unpaired) electrons. The first-order valence-corrected chi connectivity index (χ1v) is 19.7. The zero-order valence-electron chi connectivity index (χ0n) is 28.5. The molecular weight excluding hydrogens is 613 g/mol. The Morgan fingerprint density at radius 1 is 1.09 bits per heavy atom. The lowest BCUT2D eigenvalue weighted by molar-refractivity contribution is -0.230. The van der Waals surface area contributed by atoms with E-state index in [0.29, 0.717) is 0 Å². The van der Waals surface area contributed by atoms with E-state index in [4.69, 9.17) is 41.9 Å². The maximum atomic E-state index is 13.9. The lowest BCUT2D eigenvalue weighted by Gasteiger charge is -2.42. The molecule has 0 aromatic rings. The Morgan fingerprint density at radius 3 is 2.18 bits per heavy atom. The number of allylic oxidation sites excluding steroid dienone is 1. The van der Waals surface area contributed by atoms with Gasteiger partial charge in [-0.3, -0.25) is 19.1 Å². The Kier molecular flexibility index (Phi) is 14.2. The lowest BCUT2D eigenvalue weighted by Crippen LogP contribution is -2.54. The smallest absolute Gasteiger partial charge is 0.333 e. The highest BCUT2D eigenvalue weighted by Crippen LogP contribution is 2.51. The molecule has 256 valence electrons. The summed E-state index contributed by atoms with van der Waals surface area (Å²) in [6.07, 6.45) is -3.47. The molecule has 0 saturated carbocycles. The van der Waals surface area contributed by atoms with Gasteiger partial charge in [0, 0.05) is 35.0 Å². The number of amides is 1. The summed E-state index contributed by atoms with van der Waals surface area (Å²) in [4.78, 5) is 27.3. The number of nitrogens with zero attached hydrogens (tertiary/aromatic N) is 1. The van der Waals surface area contributed by atoms with E-state index in [1.165, 1.54) is 32.1 Å². The number of hydrogen-bond acceptors (Lipinski definition) is 12. The van der Waals surface area contributed by atoms with Crippen LogP contribution in [0.25, 0.3) is 0 Å². The molecule has 1 saturated heterocycles. The van der Waals surface area contributed by atoms with E-state index < -0.39 is 64.0 Å². The molecule has 0 spiro atoms. The molecule has 1 fully saturated rings. The van der Waals surface area contributed by atoms with Crippen molar-refractivity contribution < 1.29 is 56.0 Å².